The van der Waals surface area contributed by atoms with Crippen LogP contribution in [0.3, 0.4) is 0 Å². The molecule has 0 heterocycles. The number of ether oxygens (including phenoxy) is 1. The molecule has 1 amide bonds. The van der Waals surface area contributed by atoms with Crippen molar-refractivity contribution >= 4 is 21.4 Å². The third-order valence-corrected chi connectivity index (χ3v) is 4.94. The molecule has 0 bridgehead atoms. The molecule has 0 aliphatic rings. The van der Waals surface area contributed by atoms with Crippen LogP contribution >= 0.6 is 0 Å². The van der Waals surface area contributed by atoms with Gasteiger partial charge >= 0.3 is 0 Å². The number of hydrogen-bond donors (Lipinski definition) is 2. The van der Waals surface area contributed by atoms with Crippen LogP contribution in [-0.2, 0) is 20.3 Å². The number of nitrogens with one attached hydrogen (secondary N) is 1. The molecule has 0 saturated carbocycles. The van der Waals surface area contributed by atoms with Crippen LogP contribution in [0.2, 0.25) is 0 Å². The molecule has 2 aromatic carbocycles. The number of carbonyl (C=O) groups is 1. The van der Waals surface area contributed by atoms with Gasteiger partial charge < -0.3 is 15.2 Å². The molecule has 0 fully saturated rings. The molecule has 0 radical (unpaired) electrons. The van der Waals surface area contributed by atoms with Gasteiger partial charge in [-0.1, -0.05) is 30.3 Å². The van der Waals surface area contributed by atoms with Gasteiger partial charge in [0, 0.05) is 11.3 Å². The molecule has 0 aliphatic carbocycles. The zero-order chi connectivity index (χ0) is 18.1. The lowest BCUT2D eigenvalue weighted by Crippen LogP contribution is -2.16. The van der Waals surface area contributed by atoms with Crippen LogP contribution in [0.1, 0.15) is 15.9 Å². The zero-order valence-electron chi connectivity index (χ0n) is 13.7. The first kappa shape index (κ1) is 19.1. The molecule has 2 aromatic rings. The van der Waals surface area contributed by atoms with Crippen molar-refractivity contribution in [1.82, 2.24) is 0 Å². The fourth-order valence-corrected chi connectivity index (χ4v) is 3.41. The van der Waals surface area contributed by atoms with E-state index in [1.165, 1.54) is 0 Å². The van der Waals surface area contributed by atoms with Gasteiger partial charge in [0.2, 0.25) is 0 Å². The second kappa shape index (κ2) is 9.31. The van der Waals surface area contributed by atoms with E-state index < -0.39 is 9.84 Å². The number of amides is 1. The monoisotopic (exact) mass is 363 g/mol. The van der Waals surface area contributed by atoms with E-state index in [2.05, 4.69) is 5.32 Å². The summed E-state index contributed by atoms with van der Waals surface area (Å²) in [6, 6.07) is 15.6. The summed E-state index contributed by atoms with van der Waals surface area (Å²) in [4.78, 5) is 12.3. The first-order chi connectivity index (χ1) is 12.0. The molecule has 7 heteroatoms. The minimum absolute atomic E-state index is 0.0388. The quantitative estimate of drug-likeness (QED) is 0.664. The number of carbonyl (C=O) groups excluding carboxylic acids is 1. The standard InChI is InChI=1S/C18H21NO5S/c20-9-10-24-11-12-25(22,23)14-15-5-4-6-16(13-15)18(21)19-17-7-2-1-3-8-17/h1-8,13,20H,9-12,14H2,(H,19,21). The second-order valence-electron chi connectivity index (χ2n) is 5.45. The fraction of sp³-hybridized carbons (Fsp3) is 0.278. The average molecular weight is 363 g/mol. The minimum Gasteiger partial charge on any atom is -0.394 e. The summed E-state index contributed by atoms with van der Waals surface area (Å²) in [6.45, 7) is 0.0142. The van der Waals surface area contributed by atoms with Crippen molar-refractivity contribution in [3.63, 3.8) is 0 Å². The Morgan fingerprint density at radius 1 is 1.04 bits per heavy atom. The van der Waals surface area contributed by atoms with Crippen LogP contribution in [0, 0.1) is 0 Å². The molecule has 2 N–H and O–H groups in total. The van der Waals surface area contributed by atoms with Crippen molar-refractivity contribution < 1.29 is 23.1 Å². The van der Waals surface area contributed by atoms with E-state index in [1.807, 2.05) is 18.2 Å². The smallest absolute Gasteiger partial charge is 0.255 e. The van der Waals surface area contributed by atoms with Crippen LogP contribution in [0.4, 0.5) is 5.69 Å². The maximum absolute atomic E-state index is 12.3. The van der Waals surface area contributed by atoms with Crippen molar-refractivity contribution in [3.8, 4) is 0 Å². The Morgan fingerprint density at radius 3 is 2.52 bits per heavy atom. The molecule has 25 heavy (non-hydrogen) atoms. The van der Waals surface area contributed by atoms with E-state index in [0.717, 1.165) is 0 Å². The summed E-state index contributed by atoms with van der Waals surface area (Å²) in [5.74, 6) is -0.591. The highest BCUT2D eigenvalue weighted by atomic mass is 32.2. The molecule has 0 atom stereocenters. The highest BCUT2D eigenvalue weighted by Crippen LogP contribution is 2.13. The first-order valence-corrected chi connectivity index (χ1v) is 9.67. The maximum atomic E-state index is 12.3. The van der Waals surface area contributed by atoms with Crippen LogP contribution in [-0.4, -0.2) is 45.0 Å². The number of sulfone groups is 1. The Kier molecular flexibility index (Phi) is 7.12. The molecular weight excluding hydrogens is 342 g/mol. The number of aliphatic hydroxyl groups excluding tert-OH is 1. The Hall–Kier alpha value is -2.22. The predicted molar refractivity (Wildman–Crippen MR) is 96.2 cm³/mol. The van der Waals surface area contributed by atoms with Gasteiger partial charge in [-0.05, 0) is 29.8 Å². The fourth-order valence-electron chi connectivity index (χ4n) is 2.21. The van der Waals surface area contributed by atoms with Crippen molar-refractivity contribution in [1.29, 1.82) is 0 Å². The third kappa shape index (κ3) is 6.66. The van der Waals surface area contributed by atoms with E-state index in [0.29, 0.717) is 16.8 Å². The summed E-state index contributed by atoms with van der Waals surface area (Å²) >= 11 is 0. The van der Waals surface area contributed by atoms with E-state index in [-0.39, 0.29) is 37.2 Å². The van der Waals surface area contributed by atoms with Crippen LogP contribution in [0.25, 0.3) is 0 Å². The number of rotatable bonds is 9. The largest absolute Gasteiger partial charge is 0.394 e. The number of benzene rings is 2. The Morgan fingerprint density at radius 2 is 1.80 bits per heavy atom. The molecule has 0 aliphatic heterocycles. The van der Waals surface area contributed by atoms with Gasteiger partial charge in [-0.15, -0.1) is 0 Å². The lowest BCUT2D eigenvalue weighted by molar-refractivity contribution is 0.102. The van der Waals surface area contributed by atoms with Gasteiger partial charge in [-0.2, -0.15) is 0 Å². The summed E-state index contributed by atoms with van der Waals surface area (Å²) in [6.07, 6.45) is 0. The van der Waals surface area contributed by atoms with Crippen LogP contribution < -0.4 is 5.32 Å². The van der Waals surface area contributed by atoms with Gasteiger partial charge in [0.15, 0.2) is 9.84 Å². The SMILES string of the molecule is O=C(Nc1ccccc1)c1cccc(CS(=O)(=O)CCOCCO)c1. The molecule has 0 aromatic heterocycles. The molecule has 134 valence electrons. The van der Waals surface area contributed by atoms with Gasteiger partial charge in [0.1, 0.15) is 0 Å². The van der Waals surface area contributed by atoms with Gasteiger partial charge in [-0.25, -0.2) is 8.42 Å². The molecule has 6 nitrogen and oxygen atoms in total. The molecule has 0 unspecified atom stereocenters. The predicted octanol–water partition coefficient (Wildman–Crippen LogP) is 1.86. The normalized spacial score (nSPS) is 11.2. The molecule has 2 rings (SSSR count). The lowest BCUT2D eigenvalue weighted by Gasteiger charge is -2.08. The Bertz CT molecular complexity index is 790. The number of anilines is 1. The van der Waals surface area contributed by atoms with Crippen LogP contribution in [0.15, 0.2) is 54.6 Å². The van der Waals surface area contributed by atoms with Gasteiger partial charge in [0.25, 0.3) is 5.91 Å². The van der Waals surface area contributed by atoms with Crippen molar-refractivity contribution in [2.24, 2.45) is 0 Å². The molecular formula is C18H21NO5S. The number of aliphatic hydroxyl groups is 1. The number of para-hydroxylation sites is 1. The maximum Gasteiger partial charge on any atom is 0.255 e. The van der Waals surface area contributed by atoms with Crippen LogP contribution in [0.5, 0.6) is 0 Å². The summed E-state index contributed by atoms with van der Waals surface area (Å²) in [5.41, 5.74) is 1.61. The number of hydrogen-bond acceptors (Lipinski definition) is 5. The van der Waals surface area contributed by atoms with Crippen molar-refractivity contribution in [2.75, 3.05) is 30.9 Å². The minimum atomic E-state index is -3.35. The summed E-state index contributed by atoms with van der Waals surface area (Å²) in [5, 5.41) is 11.4. The van der Waals surface area contributed by atoms with E-state index >= 15 is 0 Å². The average Bonchev–Trinajstić information content (AvgIpc) is 2.59. The van der Waals surface area contributed by atoms with E-state index in [1.54, 1.807) is 36.4 Å². The topological polar surface area (TPSA) is 92.7 Å². The van der Waals surface area contributed by atoms with E-state index in [9.17, 15) is 13.2 Å². The third-order valence-electron chi connectivity index (χ3n) is 3.38. The van der Waals surface area contributed by atoms with Gasteiger partial charge in [-0.3, -0.25) is 4.79 Å². The first-order valence-electron chi connectivity index (χ1n) is 7.84. The molecule has 0 spiro atoms. The summed E-state index contributed by atoms with van der Waals surface area (Å²) in [7, 11) is -3.35. The zero-order valence-corrected chi connectivity index (χ0v) is 14.5. The second-order valence-corrected chi connectivity index (χ2v) is 7.63. The van der Waals surface area contributed by atoms with Gasteiger partial charge in [0.05, 0.1) is 31.3 Å². The van der Waals surface area contributed by atoms with Crippen molar-refractivity contribution in [3.05, 3.63) is 65.7 Å². The molecule has 0 saturated heterocycles. The van der Waals surface area contributed by atoms with Crippen molar-refractivity contribution in [2.45, 2.75) is 5.75 Å². The van der Waals surface area contributed by atoms with E-state index in [4.69, 9.17) is 9.84 Å². The lowest BCUT2D eigenvalue weighted by atomic mass is 10.1. The highest BCUT2D eigenvalue weighted by Gasteiger charge is 2.14. The summed E-state index contributed by atoms with van der Waals surface area (Å²) < 4.78 is 29.2. The highest BCUT2D eigenvalue weighted by molar-refractivity contribution is 7.90. The Labute approximate surface area is 147 Å². The Balaban J connectivity index is 1.99.